The first-order chi connectivity index (χ1) is 11.8. The molecule has 24 heavy (non-hydrogen) atoms. The van der Waals surface area contributed by atoms with E-state index in [1.54, 1.807) is 12.4 Å². The van der Waals surface area contributed by atoms with Gasteiger partial charge in [0, 0.05) is 45.1 Å². The first-order valence-corrected chi connectivity index (χ1v) is 9.05. The van der Waals surface area contributed by atoms with Crippen molar-refractivity contribution in [3.63, 3.8) is 0 Å². The van der Waals surface area contributed by atoms with E-state index in [4.69, 9.17) is 10.7 Å². The monoisotopic (exact) mass is 326 g/mol. The lowest BCUT2D eigenvalue weighted by atomic mass is 9.69. The third kappa shape index (κ3) is 3.23. The van der Waals surface area contributed by atoms with Crippen molar-refractivity contribution in [2.75, 3.05) is 37.6 Å². The van der Waals surface area contributed by atoms with Crippen LogP contribution in [0.2, 0.25) is 0 Å². The molecule has 3 atom stereocenters. The fourth-order valence-corrected chi connectivity index (χ4v) is 4.16. The first kappa shape index (κ1) is 15.4. The molecule has 2 heterocycles. The first-order valence-electron chi connectivity index (χ1n) is 9.05. The van der Waals surface area contributed by atoms with Gasteiger partial charge in [-0.25, -0.2) is 9.97 Å². The molecule has 0 aromatic carbocycles. The van der Waals surface area contributed by atoms with Crippen LogP contribution < -0.4 is 10.6 Å². The lowest BCUT2D eigenvalue weighted by Crippen LogP contribution is -2.51. The average molecular weight is 326 g/mol. The van der Waals surface area contributed by atoms with Crippen LogP contribution in [0.3, 0.4) is 0 Å². The number of nitrogens with zero attached hydrogens (tertiary/aromatic N) is 5. The standard InChI is InChI=1S/C18H26N6/c19-17(22-13-16-12-14-2-4-15(16)5-3-14)23-8-10-24(11-9-23)18-20-6-1-7-21-18/h1-2,4,6-7,14-16H,3,5,8-13H2,(H2,19,22). The maximum Gasteiger partial charge on any atom is 0.225 e. The van der Waals surface area contributed by atoms with Crippen LogP contribution in [0.4, 0.5) is 5.95 Å². The van der Waals surface area contributed by atoms with Gasteiger partial charge in [-0.05, 0) is 43.1 Å². The number of hydrogen-bond donors (Lipinski definition) is 1. The average Bonchev–Trinajstić information content (AvgIpc) is 2.68. The molecule has 0 radical (unpaired) electrons. The molecule has 2 N–H and O–H groups in total. The molecule has 4 aliphatic rings. The predicted octanol–water partition coefficient (Wildman–Crippen LogP) is 1.52. The maximum absolute atomic E-state index is 6.26. The van der Waals surface area contributed by atoms with Crippen LogP contribution in [-0.2, 0) is 0 Å². The Morgan fingerprint density at radius 3 is 2.54 bits per heavy atom. The number of nitrogens with two attached hydrogens (primary N) is 1. The van der Waals surface area contributed by atoms with E-state index in [9.17, 15) is 0 Å². The zero-order valence-electron chi connectivity index (χ0n) is 14.1. The van der Waals surface area contributed by atoms with E-state index in [0.29, 0.717) is 11.9 Å². The number of anilines is 1. The van der Waals surface area contributed by atoms with Gasteiger partial charge in [0.05, 0.1) is 0 Å². The summed E-state index contributed by atoms with van der Waals surface area (Å²) in [6.45, 7) is 4.40. The summed E-state index contributed by atoms with van der Waals surface area (Å²) < 4.78 is 0. The Hall–Kier alpha value is -2.11. The van der Waals surface area contributed by atoms with Gasteiger partial charge in [0.15, 0.2) is 5.96 Å². The Labute approximate surface area is 143 Å². The fourth-order valence-electron chi connectivity index (χ4n) is 4.16. The van der Waals surface area contributed by atoms with Crippen LogP contribution in [0.5, 0.6) is 0 Å². The summed E-state index contributed by atoms with van der Waals surface area (Å²) in [5.74, 6) is 3.70. The van der Waals surface area contributed by atoms with Gasteiger partial charge in [-0.1, -0.05) is 12.2 Å². The quantitative estimate of drug-likeness (QED) is 0.518. The number of allylic oxidation sites excluding steroid dienone is 2. The third-order valence-corrected chi connectivity index (χ3v) is 5.64. The van der Waals surface area contributed by atoms with E-state index >= 15 is 0 Å². The third-order valence-electron chi connectivity index (χ3n) is 5.64. The summed E-state index contributed by atoms with van der Waals surface area (Å²) in [6.07, 6.45) is 12.4. The Kier molecular flexibility index (Phi) is 4.36. The van der Waals surface area contributed by atoms with Crippen molar-refractivity contribution in [2.24, 2.45) is 28.5 Å². The minimum absolute atomic E-state index is 0.686. The molecule has 0 amide bonds. The molecule has 1 aromatic heterocycles. The molecule has 5 rings (SSSR count). The number of aliphatic imine (C=N–C) groups is 1. The topological polar surface area (TPSA) is 70.6 Å². The van der Waals surface area contributed by atoms with Crippen molar-refractivity contribution in [1.29, 1.82) is 0 Å². The van der Waals surface area contributed by atoms with Crippen molar-refractivity contribution < 1.29 is 0 Å². The molecule has 128 valence electrons. The van der Waals surface area contributed by atoms with Gasteiger partial charge in [-0.3, -0.25) is 4.99 Å². The van der Waals surface area contributed by atoms with E-state index in [1.807, 2.05) is 6.07 Å². The van der Waals surface area contributed by atoms with Crippen LogP contribution in [0.25, 0.3) is 0 Å². The van der Waals surface area contributed by atoms with Crippen molar-refractivity contribution in [3.05, 3.63) is 30.6 Å². The van der Waals surface area contributed by atoms with Gasteiger partial charge in [0.25, 0.3) is 0 Å². The summed E-state index contributed by atoms with van der Waals surface area (Å²) >= 11 is 0. The van der Waals surface area contributed by atoms with Crippen LogP contribution in [-0.4, -0.2) is 53.6 Å². The maximum atomic E-state index is 6.26. The molecule has 1 aliphatic heterocycles. The van der Waals surface area contributed by atoms with E-state index in [-0.39, 0.29) is 0 Å². The van der Waals surface area contributed by atoms with E-state index in [0.717, 1.165) is 50.5 Å². The van der Waals surface area contributed by atoms with Gasteiger partial charge >= 0.3 is 0 Å². The highest BCUT2D eigenvalue weighted by molar-refractivity contribution is 5.78. The van der Waals surface area contributed by atoms with Crippen molar-refractivity contribution in [2.45, 2.75) is 19.3 Å². The Balaban J connectivity index is 1.30. The van der Waals surface area contributed by atoms with Crippen LogP contribution in [0, 0.1) is 17.8 Å². The second kappa shape index (κ2) is 6.79. The predicted molar refractivity (Wildman–Crippen MR) is 95.8 cm³/mol. The molecular formula is C18H26N6. The van der Waals surface area contributed by atoms with Gasteiger partial charge in [0.2, 0.25) is 5.95 Å². The van der Waals surface area contributed by atoms with Crippen LogP contribution in [0.15, 0.2) is 35.6 Å². The number of rotatable bonds is 3. The molecule has 6 nitrogen and oxygen atoms in total. The van der Waals surface area contributed by atoms with Crippen LogP contribution in [0.1, 0.15) is 19.3 Å². The van der Waals surface area contributed by atoms with Gasteiger partial charge in [0.1, 0.15) is 0 Å². The summed E-state index contributed by atoms with van der Waals surface area (Å²) in [4.78, 5) is 17.8. The minimum atomic E-state index is 0.686. The minimum Gasteiger partial charge on any atom is -0.370 e. The molecular weight excluding hydrogens is 300 g/mol. The molecule has 0 spiro atoms. The summed E-state index contributed by atoms with van der Waals surface area (Å²) in [7, 11) is 0. The molecule has 1 saturated carbocycles. The number of fused-ring (bicyclic) bond motifs is 2. The summed E-state index contributed by atoms with van der Waals surface area (Å²) in [6, 6.07) is 1.84. The van der Waals surface area contributed by atoms with Crippen LogP contribution >= 0.6 is 0 Å². The largest absolute Gasteiger partial charge is 0.370 e. The summed E-state index contributed by atoms with van der Waals surface area (Å²) in [5.41, 5.74) is 6.26. The Morgan fingerprint density at radius 2 is 1.92 bits per heavy atom. The molecule has 3 aliphatic carbocycles. The van der Waals surface area contributed by atoms with E-state index < -0.39 is 0 Å². The van der Waals surface area contributed by atoms with Crippen molar-refractivity contribution in [1.82, 2.24) is 14.9 Å². The van der Waals surface area contributed by atoms with E-state index in [2.05, 4.69) is 31.9 Å². The second-order valence-electron chi connectivity index (χ2n) is 7.10. The van der Waals surface area contributed by atoms with Crippen molar-refractivity contribution >= 4 is 11.9 Å². The van der Waals surface area contributed by atoms with Gasteiger partial charge in [-0.2, -0.15) is 0 Å². The smallest absolute Gasteiger partial charge is 0.225 e. The second-order valence-corrected chi connectivity index (χ2v) is 7.10. The molecule has 3 unspecified atom stereocenters. The molecule has 6 heteroatoms. The lowest BCUT2D eigenvalue weighted by Gasteiger charge is -2.38. The zero-order valence-corrected chi connectivity index (χ0v) is 14.1. The zero-order chi connectivity index (χ0) is 16.4. The Morgan fingerprint density at radius 1 is 1.12 bits per heavy atom. The fraction of sp³-hybridized carbons (Fsp3) is 0.611. The van der Waals surface area contributed by atoms with E-state index in [1.165, 1.54) is 19.3 Å². The number of piperazine rings is 1. The summed E-state index contributed by atoms with van der Waals surface area (Å²) in [5, 5.41) is 0. The van der Waals surface area contributed by atoms with Gasteiger partial charge in [-0.15, -0.1) is 0 Å². The molecule has 2 bridgehead atoms. The molecule has 2 fully saturated rings. The van der Waals surface area contributed by atoms with Crippen molar-refractivity contribution in [3.8, 4) is 0 Å². The highest BCUT2D eigenvalue weighted by Crippen LogP contribution is 2.40. The highest BCUT2D eigenvalue weighted by atomic mass is 15.3. The number of aromatic nitrogens is 2. The lowest BCUT2D eigenvalue weighted by molar-refractivity contribution is 0.226. The Bertz CT molecular complexity index is 605. The van der Waals surface area contributed by atoms with Gasteiger partial charge < -0.3 is 15.5 Å². The number of hydrogen-bond acceptors (Lipinski definition) is 4. The number of guanidine groups is 1. The SMILES string of the molecule is NC(=NCC1CC2C=CC1CC2)N1CCN(c2ncccn2)CC1. The highest BCUT2D eigenvalue weighted by Gasteiger charge is 2.31. The molecule has 1 aromatic rings. The molecule has 1 saturated heterocycles. The normalized spacial score (nSPS) is 30.0.